The smallest absolute Gasteiger partial charge is 0.307 e. The molecule has 200 valence electrons. The molecule has 37 heavy (non-hydrogen) atoms. The summed E-state index contributed by atoms with van der Waals surface area (Å²) < 4.78 is 49.7. The number of likely N-dealkylation sites (N-methyl/N-ethyl adjacent to an activating group) is 1. The number of ether oxygens (including phenoxy) is 1. The molecule has 0 bridgehead atoms. The summed E-state index contributed by atoms with van der Waals surface area (Å²) in [5.74, 6) is -3.14. The third-order valence-corrected chi connectivity index (χ3v) is 7.51. The van der Waals surface area contributed by atoms with Crippen LogP contribution in [0.3, 0.4) is 0 Å². The van der Waals surface area contributed by atoms with Crippen molar-refractivity contribution >= 4 is 11.5 Å². The molecule has 1 N–H and O–H groups in total. The first-order chi connectivity index (χ1) is 17.7. The van der Waals surface area contributed by atoms with Crippen LogP contribution in [0.5, 0.6) is 5.75 Å². The van der Waals surface area contributed by atoms with Gasteiger partial charge in [0.1, 0.15) is 12.4 Å². The predicted molar refractivity (Wildman–Crippen MR) is 137 cm³/mol. The summed E-state index contributed by atoms with van der Waals surface area (Å²) in [6.45, 7) is 4.56. The summed E-state index contributed by atoms with van der Waals surface area (Å²) in [6.07, 6.45) is 1.65. The molecule has 0 spiro atoms. The minimum absolute atomic E-state index is 0.0441. The van der Waals surface area contributed by atoms with Crippen molar-refractivity contribution in [2.45, 2.75) is 45.2 Å². The van der Waals surface area contributed by atoms with E-state index in [1.165, 1.54) is 12.1 Å². The van der Waals surface area contributed by atoms with Gasteiger partial charge in [0.2, 0.25) is 0 Å². The Morgan fingerprint density at radius 3 is 2.70 bits per heavy atom. The number of alkyl halides is 1. The van der Waals surface area contributed by atoms with E-state index in [4.69, 9.17) is 4.74 Å². The van der Waals surface area contributed by atoms with Gasteiger partial charge in [0.05, 0.1) is 18.6 Å². The van der Waals surface area contributed by atoms with Crippen molar-refractivity contribution in [3.8, 4) is 5.75 Å². The average Bonchev–Trinajstić information content (AvgIpc) is 3.23. The lowest BCUT2D eigenvalue weighted by Crippen LogP contribution is -2.45. The topological polar surface area (TPSA) is 53.0 Å². The van der Waals surface area contributed by atoms with E-state index < -0.39 is 36.2 Å². The molecule has 0 amide bonds. The zero-order valence-electron chi connectivity index (χ0n) is 21.6. The van der Waals surface area contributed by atoms with E-state index in [0.717, 1.165) is 22.3 Å². The fourth-order valence-electron chi connectivity index (χ4n) is 5.51. The highest BCUT2D eigenvalue weighted by Crippen LogP contribution is 2.50. The first-order valence-corrected chi connectivity index (χ1v) is 12.9. The summed E-state index contributed by atoms with van der Waals surface area (Å²) in [4.78, 5) is 15.6. The highest BCUT2D eigenvalue weighted by atomic mass is 19.1. The Bertz CT molecular complexity index is 1170. The standard InChI is InChI=1S/C29H35F3N2O3/c1-18(29(35)36)17-34-19(2)15-22-21-8-5-4-7-20(21)16-23(22)28(34)26-24(31)9-10-25(27(26)32)37-14-13-33(3)12-6-11-30/h4-5,7-10,18-19,28H,6,11-17H2,1-3H3,(H,35,36)/t18-,19+,28-/m0/s1. The first kappa shape index (κ1) is 27.2. The third kappa shape index (κ3) is 5.70. The van der Waals surface area contributed by atoms with Crippen LogP contribution in [0.4, 0.5) is 13.2 Å². The maximum Gasteiger partial charge on any atom is 0.307 e. The molecule has 0 saturated carbocycles. The van der Waals surface area contributed by atoms with Gasteiger partial charge in [-0.15, -0.1) is 0 Å². The van der Waals surface area contributed by atoms with E-state index in [-0.39, 0.29) is 30.5 Å². The number of carboxylic acids is 1. The molecule has 2 aliphatic rings. The molecule has 3 atom stereocenters. The number of hydrogen-bond acceptors (Lipinski definition) is 4. The Kier molecular flexibility index (Phi) is 8.60. The Hall–Kier alpha value is -2.84. The Labute approximate surface area is 216 Å². The summed E-state index contributed by atoms with van der Waals surface area (Å²) in [7, 11) is 1.84. The van der Waals surface area contributed by atoms with Gasteiger partial charge in [-0.05, 0) is 67.6 Å². The lowest BCUT2D eigenvalue weighted by Gasteiger charge is -2.43. The molecule has 0 aromatic heterocycles. The Balaban J connectivity index is 1.71. The highest BCUT2D eigenvalue weighted by molar-refractivity contribution is 5.79. The van der Waals surface area contributed by atoms with Crippen molar-refractivity contribution in [1.29, 1.82) is 0 Å². The van der Waals surface area contributed by atoms with Crippen LogP contribution >= 0.6 is 0 Å². The van der Waals surface area contributed by atoms with Crippen LogP contribution in [0.2, 0.25) is 0 Å². The molecule has 2 aromatic carbocycles. The van der Waals surface area contributed by atoms with Gasteiger partial charge in [0.15, 0.2) is 11.6 Å². The first-order valence-electron chi connectivity index (χ1n) is 12.9. The molecule has 4 rings (SSSR count). The van der Waals surface area contributed by atoms with Crippen molar-refractivity contribution < 1.29 is 27.8 Å². The van der Waals surface area contributed by atoms with Crippen molar-refractivity contribution in [2.75, 3.05) is 40.0 Å². The van der Waals surface area contributed by atoms with Gasteiger partial charge < -0.3 is 14.7 Å². The van der Waals surface area contributed by atoms with Crippen LogP contribution in [0.1, 0.15) is 49.4 Å². The second-order valence-corrected chi connectivity index (χ2v) is 10.2. The quantitative estimate of drug-likeness (QED) is 0.428. The SMILES string of the molecule is C[C@@H]1CC2=C(Cc3ccccc32)[C@@H](c2c(F)ccc(OCCN(C)CCCF)c2F)N1C[C@H](C)C(=O)O. The van der Waals surface area contributed by atoms with Gasteiger partial charge in [-0.2, -0.15) is 0 Å². The van der Waals surface area contributed by atoms with Crippen LogP contribution in [0.15, 0.2) is 42.0 Å². The number of aliphatic carboxylic acids is 1. The van der Waals surface area contributed by atoms with E-state index in [9.17, 15) is 14.3 Å². The molecule has 1 aliphatic heterocycles. The molecular formula is C29H35F3N2O3. The Morgan fingerprint density at radius 2 is 1.97 bits per heavy atom. The third-order valence-electron chi connectivity index (χ3n) is 7.51. The summed E-state index contributed by atoms with van der Waals surface area (Å²) in [5, 5.41) is 9.60. The number of benzene rings is 2. The second kappa shape index (κ2) is 11.7. The number of carbonyl (C=O) groups is 1. The lowest BCUT2D eigenvalue weighted by molar-refractivity contribution is -0.142. The van der Waals surface area contributed by atoms with Crippen LogP contribution in [-0.2, 0) is 11.2 Å². The Morgan fingerprint density at radius 1 is 1.22 bits per heavy atom. The van der Waals surface area contributed by atoms with Gasteiger partial charge >= 0.3 is 5.97 Å². The molecule has 0 radical (unpaired) electrons. The summed E-state index contributed by atoms with van der Waals surface area (Å²) in [6, 6.07) is 9.65. The summed E-state index contributed by atoms with van der Waals surface area (Å²) in [5.41, 5.74) is 4.12. The monoisotopic (exact) mass is 516 g/mol. The predicted octanol–water partition coefficient (Wildman–Crippen LogP) is 5.50. The highest BCUT2D eigenvalue weighted by Gasteiger charge is 2.42. The number of carboxylic acid groups (broad SMARTS) is 1. The number of halogens is 3. The van der Waals surface area contributed by atoms with Gasteiger partial charge in [-0.25, -0.2) is 8.78 Å². The fraction of sp³-hybridized carbons (Fsp3) is 0.483. The summed E-state index contributed by atoms with van der Waals surface area (Å²) >= 11 is 0. The molecule has 5 nitrogen and oxygen atoms in total. The molecule has 0 saturated heterocycles. The number of hydrogen-bond donors (Lipinski definition) is 1. The molecule has 1 aliphatic carbocycles. The van der Waals surface area contributed by atoms with E-state index in [1.807, 2.05) is 48.0 Å². The van der Waals surface area contributed by atoms with Gasteiger partial charge in [0.25, 0.3) is 0 Å². The molecular weight excluding hydrogens is 481 g/mol. The molecule has 8 heteroatoms. The number of fused-ring (bicyclic) bond motifs is 2. The van der Waals surface area contributed by atoms with Crippen molar-refractivity contribution in [3.63, 3.8) is 0 Å². The minimum Gasteiger partial charge on any atom is -0.489 e. The minimum atomic E-state index is -0.949. The van der Waals surface area contributed by atoms with Gasteiger partial charge in [-0.1, -0.05) is 31.2 Å². The molecule has 1 heterocycles. The number of rotatable bonds is 11. The van der Waals surface area contributed by atoms with Crippen LogP contribution < -0.4 is 4.74 Å². The number of nitrogens with zero attached hydrogens (tertiary/aromatic N) is 2. The zero-order chi connectivity index (χ0) is 26.7. The van der Waals surface area contributed by atoms with Crippen LogP contribution in [0, 0.1) is 17.6 Å². The fourth-order valence-corrected chi connectivity index (χ4v) is 5.51. The van der Waals surface area contributed by atoms with E-state index in [0.29, 0.717) is 32.4 Å². The van der Waals surface area contributed by atoms with Gasteiger partial charge in [-0.3, -0.25) is 14.1 Å². The normalized spacial score (nSPS) is 20.2. The van der Waals surface area contributed by atoms with E-state index in [1.54, 1.807) is 6.92 Å². The average molecular weight is 517 g/mol. The van der Waals surface area contributed by atoms with Crippen LogP contribution in [-0.4, -0.2) is 66.9 Å². The molecule has 0 unspecified atom stereocenters. The van der Waals surface area contributed by atoms with Gasteiger partial charge in [0, 0.05) is 31.2 Å². The maximum atomic E-state index is 16.0. The molecule has 2 aromatic rings. The van der Waals surface area contributed by atoms with E-state index >= 15 is 8.78 Å². The van der Waals surface area contributed by atoms with Crippen molar-refractivity contribution in [1.82, 2.24) is 9.80 Å². The largest absolute Gasteiger partial charge is 0.489 e. The zero-order valence-corrected chi connectivity index (χ0v) is 21.6. The van der Waals surface area contributed by atoms with Crippen molar-refractivity contribution in [2.24, 2.45) is 5.92 Å². The maximum absolute atomic E-state index is 16.0. The van der Waals surface area contributed by atoms with Crippen LogP contribution in [0.25, 0.3) is 5.57 Å². The van der Waals surface area contributed by atoms with Crippen molar-refractivity contribution in [3.05, 3.63) is 70.3 Å². The lowest BCUT2D eigenvalue weighted by atomic mass is 9.84. The molecule has 0 fully saturated rings. The second-order valence-electron chi connectivity index (χ2n) is 10.2. The van der Waals surface area contributed by atoms with E-state index in [2.05, 4.69) is 0 Å².